The number of unbranched alkanes of at least 4 members (excludes halogenated alkanes) is 1. The van der Waals surface area contributed by atoms with E-state index in [4.69, 9.17) is 17.3 Å². The average molecular weight is 300 g/mol. The van der Waals surface area contributed by atoms with Crippen molar-refractivity contribution in [3.05, 3.63) is 21.3 Å². The molecule has 2 rings (SSSR count). The van der Waals surface area contributed by atoms with Gasteiger partial charge in [0.2, 0.25) is 0 Å². The van der Waals surface area contributed by atoms with Crippen molar-refractivity contribution in [2.45, 2.75) is 64.3 Å². The standard InChI is InChI=1S/C16H26ClNS/c1-2-3-4-12-5-7-13(8-6-12)15(18)11-14-9-10-16(17)19-14/h9-10,12-13,15H,2-8,11,18H2,1H3. The molecule has 1 atom stereocenters. The van der Waals surface area contributed by atoms with Gasteiger partial charge < -0.3 is 5.73 Å². The van der Waals surface area contributed by atoms with E-state index in [1.54, 1.807) is 11.3 Å². The Bertz CT molecular complexity index is 369. The number of thiophene rings is 1. The molecule has 0 bridgehead atoms. The first-order chi connectivity index (χ1) is 9.19. The quantitative estimate of drug-likeness (QED) is 0.761. The zero-order chi connectivity index (χ0) is 13.7. The number of halogens is 1. The molecule has 19 heavy (non-hydrogen) atoms. The highest BCUT2D eigenvalue weighted by atomic mass is 35.5. The summed E-state index contributed by atoms with van der Waals surface area (Å²) >= 11 is 7.65. The molecule has 1 unspecified atom stereocenters. The van der Waals surface area contributed by atoms with Crippen LogP contribution in [0.1, 0.15) is 56.7 Å². The molecule has 1 saturated carbocycles. The number of rotatable bonds is 6. The van der Waals surface area contributed by atoms with Crippen LogP contribution < -0.4 is 5.73 Å². The van der Waals surface area contributed by atoms with Gasteiger partial charge in [-0.3, -0.25) is 0 Å². The Kier molecular flexibility index (Phi) is 6.18. The van der Waals surface area contributed by atoms with Crippen molar-refractivity contribution in [1.82, 2.24) is 0 Å². The molecule has 0 aliphatic heterocycles. The van der Waals surface area contributed by atoms with Crippen LogP contribution in [0.5, 0.6) is 0 Å². The third-order valence-electron chi connectivity index (χ3n) is 4.53. The first-order valence-electron chi connectivity index (χ1n) is 7.68. The predicted molar refractivity (Wildman–Crippen MR) is 86.0 cm³/mol. The summed E-state index contributed by atoms with van der Waals surface area (Å²) in [7, 11) is 0. The first-order valence-corrected chi connectivity index (χ1v) is 8.88. The van der Waals surface area contributed by atoms with Gasteiger partial charge in [0.05, 0.1) is 4.34 Å². The van der Waals surface area contributed by atoms with E-state index in [0.29, 0.717) is 6.04 Å². The normalized spacial score (nSPS) is 25.4. The van der Waals surface area contributed by atoms with E-state index in [0.717, 1.165) is 22.6 Å². The van der Waals surface area contributed by atoms with E-state index < -0.39 is 0 Å². The Morgan fingerprint density at radius 3 is 2.63 bits per heavy atom. The van der Waals surface area contributed by atoms with Crippen molar-refractivity contribution < 1.29 is 0 Å². The van der Waals surface area contributed by atoms with E-state index in [1.807, 2.05) is 6.07 Å². The summed E-state index contributed by atoms with van der Waals surface area (Å²) in [5.74, 6) is 1.69. The molecule has 1 heterocycles. The fourth-order valence-corrected chi connectivity index (χ4v) is 4.42. The minimum atomic E-state index is 0.321. The summed E-state index contributed by atoms with van der Waals surface area (Å²) in [4.78, 5) is 1.34. The van der Waals surface area contributed by atoms with Crippen LogP contribution in [0.4, 0.5) is 0 Å². The molecular weight excluding hydrogens is 274 g/mol. The van der Waals surface area contributed by atoms with E-state index in [-0.39, 0.29) is 0 Å². The predicted octanol–water partition coefficient (Wildman–Crippen LogP) is 5.27. The lowest BCUT2D eigenvalue weighted by Gasteiger charge is -2.32. The van der Waals surface area contributed by atoms with Crippen LogP contribution >= 0.6 is 22.9 Å². The van der Waals surface area contributed by atoms with Crippen LogP contribution in [0.3, 0.4) is 0 Å². The van der Waals surface area contributed by atoms with Crippen LogP contribution in [0.15, 0.2) is 12.1 Å². The number of hydrogen-bond donors (Lipinski definition) is 1. The van der Waals surface area contributed by atoms with Gasteiger partial charge in [-0.2, -0.15) is 0 Å². The fraction of sp³-hybridized carbons (Fsp3) is 0.750. The molecule has 0 amide bonds. The van der Waals surface area contributed by atoms with Gasteiger partial charge in [-0.1, -0.05) is 50.6 Å². The largest absolute Gasteiger partial charge is 0.327 e. The zero-order valence-corrected chi connectivity index (χ0v) is 13.5. The van der Waals surface area contributed by atoms with Crippen LogP contribution in [0, 0.1) is 11.8 Å². The van der Waals surface area contributed by atoms with Crippen molar-refractivity contribution in [3.8, 4) is 0 Å². The highest BCUT2D eigenvalue weighted by molar-refractivity contribution is 7.16. The summed E-state index contributed by atoms with van der Waals surface area (Å²) in [5, 5.41) is 0. The van der Waals surface area contributed by atoms with Gasteiger partial charge in [-0.25, -0.2) is 0 Å². The van der Waals surface area contributed by atoms with Gasteiger partial charge in [0.25, 0.3) is 0 Å². The molecule has 0 saturated heterocycles. The van der Waals surface area contributed by atoms with Crippen LogP contribution in [0.25, 0.3) is 0 Å². The highest BCUT2D eigenvalue weighted by Crippen LogP contribution is 2.34. The Balaban J connectivity index is 1.74. The molecule has 2 N–H and O–H groups in total. The van der Waals surface area contributed by atoms with Crippen LogP contribution in [-0.2, 0) is 6.42 Å². The Hall–Kier alpha value is -0.0500. The van der Waals surface area contributed by atoms with E-state index in [1.165, 1.54) is 49.8 Å². The average Bonchev–Trinajstić information content (AvgIpc) is 2.82. The van der Waals surface area contributed by atoms with Crippen LogP contribution in [-0.4, -0.2) is 6.04 Å². The topological polar surface area (TPSA) is 26.0 Å². The molecule has 1 nitrogen and oxygen atoms in total. The van der Waals surface area contributed by atoms with E-state index in [2.05, 4.69) is 13.0 Å². The molecule has 0 radical (unpaired) electrons. The molecule has 1 aromatic rings. The maximum absolute atomic E-state index is 6.40. The van der Waals surface area contributed by atoms with Gasteiger partial charge in [0.15, 0.2) is 0 Å². The maximum atomic E-state index is 6.40. The second-order valence-corrected chi connectivity index (χ2v) is 7.80. The summed E-state index contributed by atoms with van der Waals surface area (Å²) in [6, 6.07) is 4.43. The summed E-state index contributed by atoms with van der Waals surface area (Å²) < 4.78 is 0.880. The number of nitrogens with two attached hydrogens (primary N) is 1. The minimum absolute atomic E-state index is 0.321. The third kappa shape index (κ3) is 4.77. The van der Waals surface area contributed by atoms with Crippen molar-refractivity contribution in [1.29, 1.82) is 0 Å². The van der Waals surface area contributed by atoms with E-state index in [9.17, 15) is 0 Å². The van der Waals surface area contributed by atoms with E-state index >= 15 is 0 Å². The maximum Gasteiger partial charge on any atom is 0.0931 e. The molecule has 108 valence electrons. The van der Waals surface area contributed by atoms with Gasteiger partial charge in [0.1, 0.15) is 0 Å². The molecule has 0 spiro atoms. The lowest BCUT2D eigenvalue weighted by atomic mass is 9.76. The fourth-order valence-electron chi connectivity index (χ4n) is 3.26. The lowest BCUT2D eigenvalue weighted by Crippen LogP contribution is -2.34. The molecular formula is C16H26ClNS. The lowest BCUT2D eigenvalue weighted by molar-refractivity contribution is 0.231. The van der Waals surface area contributed by atoms with Gasteiger partial charge in [0, 0.05) is 10.9 Å². The second-order valence-electron chi connectivity index (χ2n) is 6.00. The summed E-state index contributed by atoms with van der Waals surface area (Å²) in [6.45, 7) is 2.29. The monoisotopic (exact) mass is 299 g/mol. The van der Waals surface area contributed by atoms with Gasteiger partial charge in [-0.05, 0) is 43.2 Å². The van der Waals surface area contributed by atoms with Crippen molar-refractivity contribution in [2.24, 2.45) is 17.6 Å². The Morgan fingerprint density at radius 1 is 1.32 bits per heavy atom. The third-order valence-corrected chi connectivity index (χ3v) is 5.78. The van der Waals surface area contributed by atoms with Crippen molar-refractivity contribution >= 4 is 22.9 Å². The van der Waals surface area contributed by atoms with Gasteiger partial charge in [-0.15, -0.1) is 11.3 Å². The summed E-state index contributed by atoms with van der Waals surface area (Å²) in [5.41, 5.74) is 6.40. The Labute approximate surface area is 126 Å². The molecule has 1 aromatic heterocycles. The SMILES string of the molecule is CCCCC1CCC(C(N)Cc2ccc(Cl)s2)CC1. The molecule has 1 aliphatic rings. The van der Waals surface area contributed by atoms with Gasteiger partial charge >= 0.3 is 0 Å². The summed E-state index contributed by atoms with van der Waals surface area (Å²) in [6.07, 6.45) is 10.6. The van der Waals surface area contributed by atoms with Crippen LogP contribution in [0.2, 0.25) is 4.34 Å². The molecule has 1 aliphatic carbocycles. The Morgan fingerprint density at radius 2 is 2.05 bits per heavy atom. The number of hydrogen-bond acceptors (Lipinski definition) is 2. The minimum Gasteiger partial charge on any atom is -0.327 e. The molecule has 1 fully saturated rings. The highest BCUT2D eigenvalue weighted by Gasteiger charge is 2.25. The van der Waals surface area contributed by atoms with Crippen molar-refractivity contribution in [2.75, 3.05) is 0 Å². The smallest absolute Gasteiger partial charge is 0.0931 e. The first kappa shape index (κ1) is 15.3. The zero-order valence-electron chi connectivity index (χ0n) is 11.9. The molecule has 0 aromatic carbocycles. The second kappa shape index (κ2) is 7.66. The molecule has 3 heteroatoms. The van der Waals surface area contributed by atoms with Crippen molar-refractivity contribution in [3.63, 3.8) is 0 Å².